The summed E-state index contributed by atoms with van der Waals surface area (Å²) in [5.74, 6) is -6.49. The number of thioether (sulfide) groups is 1. The Morgan fingerprint density at radius 1 is 0.944 bits per heavy atom. The summed E-state index contributed by atoms with van der Waals surface area (Å²) in [6, 6.07) is -5.45. The van der Waals surface area contributed by atoms with E-state index >= 15 is 0 Å². The molecule has 9 N–H and O–H groups in total. The number of nitrogens with one attached hydrogen (secondary N) is 4. The second kappa shape index (κ2) is 15.4. The average molecular weight is 531 g/mol. The van der Waals surface area contributed by atoms with Crippen LogP contribution in [0.1, 0.15) is 31.4 Å². The maximum Gasteiger partial charge on any atom is 0.326 e. The van der Waals surface area contributed by atoms with Gasteiger partial charge in [0.2, 0.25) is 17.7 Å². The minimum atomic E-state index is -1.80. The number of aromatic amines is 1. The molecule has 36 heavy (non-hydrogen) atoms. The monoisotopic (exact) mass is 530 g/mol. The van der Waals surface area contributed by atoms with Gasteiger partial charge in [0, 0.05) is 24.7 Å². The molecule has 0 saturated carbocycles. The Labute approximate surface area is 210 Å². The number of nitrogens with two attached hydrogens (primary N) is 1. The van der Waals surface area contributed by atoms with Crippen molar-refractivity contribution in [2.45, 2.75) is 56.3 Å². The molecule has 1 aromatic heterocycles. The van der Waals surface area contributed by atoms with E-state index in [-0.39, 0.29) is 12.8 Å². The third-order valence-electron chi connectivity index (χ3n) is 4.85. The number of hydrogen-bond donors (Lipinski definition) is 8. The predicted molar refractivity (Wildman–Crippen MR) is 126 cm³/mol. The molecule has 200 valence electrons. The van der Waals surface area contributed by atoms with Gasteiger partial charge in [-0.1, -0.05) is 0 Å². The van der Waals surface area contributed by atoms with Gasteiger partial charge in [0.25, 0.3) is 0 Å². The normalized spacial score (nSPS) is 14.1. The quantitative estimate of drug-likeness (QED) is 0.108. The molecule has 1 aromatic rings. The summed E-state index contributed by atoms with van der Waals surface area (Å²) in [6.07, 6.45) is 3.07. The molecule has 0 aromatic carbocycles. The van der Waals surface area contributed by atoms with Gasteiger partial charge in [-0.2, -0.15) is 11.8 Å². The van der Waals surface area contributed by atoms with Crippen molar-refractivity contribution >= 4 is 47.4 Å². The fourth-order valence-electron chi connectivity index (χ4n) is 2.97. The van der Waals surface area contributed by atoms with Gasteiger partial charge in [0.1, 0.15) is 18.1 Å². The fourth-order valence-corrected chi connectivity index (χ4v) is 3.44. The van der Waals surface area contributed by atoms with Crippen molar-refractivity contribution in [1.82, 2.24) is 25.9 Å². The number of imidazole rings is 1. The molecule has 4 unspecified atom stereocenters. The first-order valence-corrected chi connectivity index (χ1v) is 12.1. The van der Waals surface area contributed by atoms with Gasteiger partial charge in [-0.3, -0.25) is 24.0 Å². The van der Waals surface area contributed by atoms with Crippen LogP contribution < -0.4 is 21.7 Å². The highest BCUT2D eigenvalue weighted by Crippen LogP contribution is 2.06. The van der Waals surface area contributed by atoms with Gasteiger partial charge in [0.05, 0.1) is 18.8 Å². The molecule has 1 heterocycles. The van der Waals surface area contributed by atoms with E-state index < -0.39 is 79.1 Å². The predicted octanol–water partition coefficient (Wildman–Crippen LogP) is -2.09. The molecule has 0 aliphatic carbocycles. The average Bonchev–Trinajstić information content (AvgIpc) is 3.30. The largest absolute Gasteiger partial charge is 0.481 e. The second-order valence-electron chi connectivity index (χ2n) is 7.72. The molecule has 1 rings (SSSR count). The molecule has 0 aliphatic rings. The molecule has 0 saturated heterocycles. The Hall–Kier alpha value is -3.66. The number of carbonyl (C=O) groups is 6. The molecule has 0 fully saturated rings. The zero-order chi connectivity index (χ0) is 27.3. The fraction of sp³-hybridized carbons (Fsp3) is 0.550. The number of aromatic nitrogens is 2. The number of rotatable bonds is 17. The highest BCUT2D eigenvalue weighted by Gasteiger charge is 2.31. The van der Waals surface area contributed by atoms with Crippen molar-refractivity contribution in [3.05, 3.63) is 18.2 Å². The van der Waals surface area contributed by atoms with Crippen molar-refractivity contribution in [2.75, 3.05) is 12.0 Å². The van der Waals surface area contributed by atoms with E-state index in [1.54, 1.807) is 6.26 Å². The molecule has 0 radical (unpaired) electrons. The Morgan fingerprint density at radius 3 is 2.03 bits per heavy atom. The molecular formula is C20H30N6O9S. The van der Waals surface area contributed by atoms with Gasteiger partial charge in [-0.05, 0) is 24.9 Å². The van der Waals surface area contributed by atoms with Crippen LogP contribution in [0.25, 0.3) is 0 Å². The van der Waals surface area contributed by atoms with Gasteiger partial charge >= 0.3 is 17.9 Å². The van der Waals surface area contributed by atoms with Crippen molar-refractivity contribution in [1.29, 1.82) is 0 Å². The Bertz CT molecular complexity index is 927. The van der Waals surface area contributed by atoms with Crippen molar-refractivity contribution < 1.29 is 44.1 Å². The van der Waals surface area contributed by atoms with Crippen LogP contribution in [0.15, 0.2) is 12.5 Å². The summed E-state index contributed by atoms with van der Waals surface area (Å²) in [6.45, 7) is 0. The van der Waals surface area contributed by atoms with Gasteiger partial charge in [-0.25, -0.2) is 9.78 Å². The SMILES string of the molecule is CSCCC(NC(=O)C(N)Cc1cnc[nH]1)C(=O)NC(CCC(=O)O)C(=O)NC(CC(=O)O)C(=O)O. The van der Waals surface area contributed by atoms with E-state index in [9.17, 15) is 28.8 Å². The van der Waals surface area contributed by atoms with Crippen molar-refractivity contribution in [3.8, 4) is 0 Å². The number of hydrogen-bond acceptors (Lipinski definition) is 9. The Kier molecular flexibility index (Phi) is 13.0. The van der Waals surface area contributed by atoms with E-state index in [1.807, 2.05) is 5.32 Å². The van der Waals surface area contributed by atoms with Crippen LogP contribution in [0.5, 0.6) is 0 Å². The van der Waals surface area contributed by atoms with Crippen LogP contribution in [0, 0.1) is 0 Å². The first-order valence-electron chi connectivity index (χ1n) is 10.7. The van der Waals surface area contributed by atoms with E-state index in [1.165, 1.54) is 24.3 Å². The van der Waals surface area contributed by atoms with Crippen LogP contribution in [-0.2, 0) is 35.2 Å². The number of H-pyrrole nitrogens is 1. The summed E-state index contributed by atoms with van der Waals surface area (Å²) in [4.78, 5) is 78.0. The zero-order valence-electron chi connectivity index (χ0n) is 19.4. The number of carbonyl (C=O) groups excluding carboxylic acids is 3. The molecule has 15 nitrogen and oxygen atoms in total. The van der Waals surface area contributed by atoms with E-state index in [0.717, 1.165) is 0 Å². The lowest BCUT2D eigenvalue weighted by Crippen LogP contribution is -2.57. The van der Waals surface area contributed by atoms with Gasteiger partial charge in [0.15, 0.2) is 0 Å². The maximum atomic E-state index is 13.0. The molecule has 4 atom stereocenters. The number of aliphatic carboxylic acids is 3. The molecule has 16 heteroatoms. The Morgan fingerprint density at radius 2 is 1.53 bits per heavy atom. The standard InChI is InChI=1S/C20H30N6O9S/c1-36-5-4-13(24-17(31)11(21)6-10-8-22-9-23-10)19(33)25-12(2-3-15(27)28)18(32)26-14(20(34)35)7-16(29)30/h8-9,11-14H,2-7,21H2,1H3,(H,22,23)(H,24,31)(H,25,33)(H,26,32)(H,27,28)(H,29,30)(H,34,35). The summed E-state index contributed by atoms with van der Waals surface area (Å²) >= 11 is 1.39. The zero-order valence-corrected chi connectivity index (χ0v) is 20.2. The highest BCUT2D eigenvalue weighted by atomic mass is 32.2. The van der Waals surface area contributed by atoms with Gasteiger partial charge in [-0.15, -0.1) is 0 Å². The minimum absolute atomic E-state index is 0.118. The highest BCUT2D eigenvalue weighted by molar-refractivity contribution is 7.98. The Balaban J connectivity index is 2.96. The maximum absolute atomic E-state index is 13.0. The summed E-state index contributed by atoms with van der Waals surface area (Å²) in [5, 5.41) is 33.8. The number of carboxylic acid groups (broad SMARTS) is 3. The van der Waals surface area contributed by atoms with Crippen LogP contribution in [-0.4, -0.2) is 97.1 Å². The lowest BCUT2D eigenvalue weighted by molar-refractivity contribution is -0.147. The number of nitrogens with zero attached hydrogens (tertiary/aromatic N) is 1. The van der Waals surface area contributed by atoms with Crippen LogP contribution in [0.4, 0.5) is 0 Å². The summed E-state index contributed by atoms with van der Waals surface area (Å²) in [5.41, 5.74) is 6.51. The smallest absolute Gasteiger partial charge is 0.326 e. The van der Waals surface area contributed by atoms with E-state index in [2.05, 4.69) is 20.6 Å². The van der Waals surface area contributed by atoms with Crippen LogP contribution >= 0.6 is 11.8 Å². The third kappa shape index (κ3) is 11.2. The molecule has 3 amide bonds. The molecule has 0 spiro atoms. The summed E-state index contributed by atoms with van der Waals surface area (Å²) < 4.78 is 0. The molecule has 0 aliphatic heterocycles. The van der Waals surface area contributed by atoms with Crippen LogP contribution in [0.3, 0.4) is 0 Å². The third-order valence-corrected chi connectivity index (χ3v) is 5.49. The second-order valence-corrected chi connectivity index (χ2v) is 8.71. The number of amides is 3. The number of carboxylic acids is 3. The lowest BCUT2D eigenvalue weighted by Gasteiger charge is -2.24. The van der Waals surface area contributed by atoms with Crippen molar-refractivity contribution in [3.63, 3.8) is 0 Å². The molecular weight excluding hydrogens is 500 g/mol. The van der Waals surface area contributed by atoms with Gasteiger partial charge < -0.3 is 42.0 Å². The van der Waals surface area contributed by atoms with E-state index in [4.69, 9.17) is 21.1 Å². The van der Waals surface area contributed by atoms with E-state index in [0.29, 0.717) is 11.4 Å². The minimum Gasteiger partial charge on any atom is -0.481 e. The molecule has 0 bridgehead atoms. The first kappa shape index (κ1) is 30.4. The first-order chi connectivity index (χ1) is 16.9. The summed E-state index contributed by atoms with van der Waals surface area (Å²) in [7, 11) is 0. The topological polar surface area (TPSA) is 254 Å². The van der Waals surface area contributed by atoms with Crippen molar-refractivity contribution in [2.24, 2.45) is 5.73 Å². The lowest BCUT2D eigenvalue weighted by atomic mass is 10.1. The van der Waals surface area contributed by atoms with Crippen LogP contribution in [0.2, 0.25) is 0 Å².